The molecule has 0 spiro atoms. The number of ether oxygens (including phenoxy) is 2. The number of allylic oxidation sites excluding steroid dienone is 2. The van der Waals surface area contributed by atoms with Crippen LogP contribution in [0.25, 0.3) is 0 Å². The van der Waals surface area contributed by atoms with Crippen LogP contribution in [0.4, 0.5) is 0 Å². The van der Waals surface area contributed by atoms with Gasteiger partial charge in [0.1, 0.15) is 30.3 Å². The highest BCUT2D eigenvalue weighted by Crippen LogP contribution is 2.23. The summed E-state index contributed by atoms with van der Waals surface area (Å²) in [7, 11) is 0. The normalized spacial score (nSPS) is 12.0. The third-order valence-electron chi connectivity index (χ3n) is 3.38. The largest absolute Gasteiger partial charge is 0.508 e. The van der Waals surface area contributed by atoms with Gasteiger partial charge in [-0.3, -0.25) is 4.79 Å². The number of esters is 2. The van der Waals surface area contributed by atoms with Gasteiger partial charge in [-0.15, -0.1) is 0 Å². The van der Waals surface area contributed by atoms with Crippen molar-refractivity contribution in [3.05, 3.63) is 47.1 Å². The molecule has 0 radical (unpaired) electrons. The highest BCUT2D eigenvalue weighted by molar-refractivity contribution is 5.92. The number of hydrogen-bond acceptors (Lipinski definition) is 6. The molecule has 1 aromatic rings. The molecule has 6 nitrogen and oxygen atoms in total. The molecule has 25 heavy (non-hydrogen) atoms. The minimum absolute atomic E-state index is 0.00912. The fraction of sp³-hybridized carbons (Fsp3) is 0.368. The third-order valence-corrected chi connectivity index (χ3v) is 3.38. The minimum Gasteiger partial charge on any atom is -0.508 e. The molecule has 0 bridgehead atoms. The summed E-state index contributed by atoms with van der Waals surface area (Å²) in [5.74, 6) is -1.40. The van der Waals surface area contributed by atoms with Gasteiger partial charge in [-0.25, -0.2) is 4.79 Å². The zero-order chi connectivity index (χ0) is 18.8. The number of carbonyl (C=O) groups is 2. The molecule has 136 valence electrons. The highest BCUT2D eigenvalue weighted by Gasteiger charge is 2.13. The van der Waals surface area contributed by atoms with Crippen LogP contribution >= 0.6 is 0 Å². The summed E-state index contributed by atoms with van der Waals surface area (Å²) in [5, 5.41) is 18.8. The molecule has 0 aromatic heterocycles. The molecule has 0 aliphatic heterocycles. The number of rotatable bonds is 8. The maximum Gasteiger partial charge on any atom is 0.342 e. The van der Waals surface area contributed by atoms with Gasteiger partial charge >= 0.3 is 11.9 Å². The molecular weight excluding hydrogens is 324 g/mol. The third kappa shape index (κ3) is 8.06. The molecule has 1 rings (SSSR count). The van der Waals surface area contributed by atoms with Crippen LogP contribution in [0.2, 0.25) is 0 Å². The molecule has 1 aromatic carbocycles. The van der Waals surface area contributed by atoms with Gasteiger partial charge in [0.25, 0.3) is 0 Å². The lowest BCUT2D eigenvalue weighted by Crippen LogP contribution is -2.07. The maximum atomic E-state index is 11.9. The van der Waals surface area contributed by atoms with Crippen LogP contribution in [0.15, 0.2) is 41.5 Å². The van der Waals surface area contributed by atoms with E-state index >= 15 is 0 Å². The van der Waals surface area contributed by atoms with E-state index in [0.717, 1.165) is 30.1 Å². The van der Waals surface area contributed by atoms with E-state index in [9.17, 15) is 19.8 Å². The SMILES string of the molecule is CC(=O)OC/C=C(\C)CC/C=C(\C)COC(=O)c1ccc(O)cc1O. The van der Waals surface area contributed by atoms with Crippen LogP contribution in [0, 0.1) is 0 Å². The summed E-state index contributed by atoms with van der Waals surface area (Å²) < 4.78 is 9.98. The van der Waals surface area contributed by atoms with Crippen LogP contribution in [0.1, 0.15) is 44.0 Å². The van der Waals surface area contributed by atoms with Gasteiger partial charge in [0, 0.05) is 13.0 Å². The summed E-state index contributed by atoms with van der Waals surface area (Å²) in [6, 6.07) is 3.71. The standard InChI is InChI=1S/C19H24O6/c1-13(9-10-24-15(3)20)5-4-6-14(2)12-25-19(23)17-8-7-16(21)11-18(17)22/h6-9,11,21-22H,4-5,10,12H2,1-3H3/b13-9+,14-6+. The highest BCUT2D eigenvalue weighted by atomic mass is 16.5. The van der Waals surface area contributed by atoms with Gasteiger partial charge in [-0.1, -0.05) is 11.6 Å². The topological polar surface area (TPSA) is 93.1 Å². The second kappa shape index (κ2) is 10.2. The fourth-order valence-electron chi connectivity index (χ4n) is 1.96. The van der Waals surface area contributed by atoms with Crippen molar-refractivity contribution in [3.63, 3.8) is 0 Å². The van der Waals surface area contributed by atoms with E-state index in [1.54, 1.807) is 0 Å². The molecule has 0 atom stereocenters. The van der Waals surface area contributed by atoms with E-state index in [4.69, 9.17) is 9.47 Å². The molecule has 0 aliphatic rings. The first-order valence-corrected chi connectivity index (χ1v) is 7.93. The van der Waals surface area contributed by atoms with Crippen molar-refractivity contribution in [2.75, 3.05) is 13.2 Å². The Morgan fingerprint density at radius 2 is 1.76 bits per heavy atom. The van der Waals surface area contributed by atoms with Gasteiger partial charge in [-0.2, -0.15) is 0 Å². The zero-order valence-corrected chi connectivity index (χ0v) is 14.7. The first kappa shape index (κ1) is 20.3. The van der Waals surface area contributed by atoms with Crippen molar-refractivity contribution >= 4 is 11.9 Å². The van der Waals surface area contributed by atoms with Crippen molar-refractivity contribution in [3.8, 4) is 11.5 Å². The van der Waals surface area contributed by atoms with Crippen molar-refractivity contribution in [1.29, 1.82) is 0 Å². The summed E-state index contributed by atoms with van der Waals surface area (Å²) in [6.07, 6.45) is 5.41. The number of phenols is 2. The molecule has 0 saturated heterocycles. The number of benzene rings is 1. The van der Waals surface area contributed by atoms with Crippen LogP contribution in [0.5, 0.6) is 11.5 Å². The Kier molecular flexibility index (Phi) is 8.26. The zero-order valence-electron chi connectivity index (χ0n) is 14.7. The van der Waals surface area contributed by atoms with Crippen molar-refractivity contribution in [2.45, 2.75) is 33.6 Å². The minimum atomic E-state index is -0.650. The van der Waals surface area contributed by atoms with Crippen molar-refractivity contribution < 1.29 is 29.3 Å². The first-order chi connectivity index (χ1) is 11.8. The van der Waals surface area contributed by atoms with Crippen LogP contribution < -0.4 is 0 Å². The Morgan fingerprint density at radius 3 is 2.40 bits per heavy atom. The van der Waals surface area contributed by atoms with Crippen molar-refractivity contribution in [2.24, 2.45) is 0 Å². The smallest absolute Gasteiger partial charge is 0.342 e. The molecule has 2 N–H and O–H groups in total. The van der Waals surface area contributed by atoms with E-state index in [2.05, 4.69) is 0 Å². The van der Waals surface area contributed by atoms with Gasteiger partial charge in [0.05, 0.1) is 0 Å². The fourth-order valence-corrected chi connectivity index (χ4v) is 1.96. The average molecular weight is 348 g/mol. The summed E-state index contributed by atoms with van der Waals surface area (Å²) >= 11 is 0. The van der Waals surface area contributed by atoms with E-state index < -0.39 is 5.97 Å². The van der Waals surface area contributed by atoms with E-state index in [-0.39, 0.29) is 36.2 Å². The number of phenolic OH excluding ortho intramolecular Hbond substituents is 2. The van der Waals surface area contributed by atoms with E-state index in [0.29, 0.717) is 0 Å². The van der Waals surface area contributed by atoms with Crippen LogP contribution in [0.3, 0.4) is 0 Å². The van der Waals surface area contributed by atoms with Gasteiger partial charge in [0.15, 0.2) is 0 Å². The Morgan fingerprint density at radius 1 is 1.04 bits per heavy atom. The lowest BCUT2D eigenvalue weighted by atomic mass is 10.1. The van der Waals surface area contributed by atoms with Crippen LogP contribution in [-0.4, -0.2) is 35.4 Å². The Balaban J connectivity index is 2.40. The van der Waals surface area contributed by atoms with Gasteiger partial charge in [0.2, 0.25) is 0 Å². The second-order valence-electron chi connectivity index (χ2n) is 5.72. The molecule has 0 fully saturated rings. The molecule has 0 heterocycles. The Hall–Kier alpha value is -2.76. The lowest BCUT2D eigenvalue weighted by Gasteiger charge is -2.07. The molecule has 0 unspecified atom stereocenters. The van der Waals surface area contributed by atoms with Crippen molar-refractivity contribution in [1.82, 2.24) is 0 Å². The predicted molar refractivity (Wildman–Crippen MR) is 93.4 cm³/mol. The summed E-state index contributed by atoms with van der Waals surface area (Å²) in [4.78, 5) is 22.6. The molecule has 0 saturated carbocycles. The number of carbonyl (C=O) groups excluding carboxylic acids is 2. The molecule has 0 aliphatic carbocycles. The predicted octanol–water partition coefficient (Wildman–Crippen LogP) is 3.49. The Bertz CT molecular complexity index is 672. The summed E-state index contributed by atoms with van der Waals surface area (Å²) in [5.41, 5.74) is 2.01. The maximum absolute atomic E-state index is 11.9. The van der Waals surface area contributed by atoms with E-state index in [1.807, 2.05) is 26.0 Å². The Labute approximate surface area is 147 Å². The molecule has 0 amide bonds. The van der Waals surface area contributed by atoms with Gasteiger partial charge in [-0.05, 0) is 50.5 Å². The quantitative estimate of drug-likeness (QED) is 0.552. The number of aromatic hydroxyl groups is 2. The molecule has 6 heteroatoms. The monoisotopic (exact) mass is 348 g/mol. The van der Waals surface area contributed by atoms with Gasteiger partial charge < -0.3 is 19.7 Å². The van der Waals surface area contributed by atoms with E-state index in [1.165, 1.54) is 19.1 Å². The average Bonchev–Trinajstić information content (AvgIpc) is 2.52. The first-order valence-electron chi connectivity index (χ1n) is 7.93. The number of hydrogen-bond donors (Lipinski definition) is 2. The lowest BCUT2D eigenvalue weighted by molar-refractivity contribution is -0.139. The second-order valence-corrected chi connectivity index (χ2v) is 5.72. The van der Waals surface area contributed by atoms with Crippen LogP contribution in [-0.2, 0) is 14.3 Å². The molecular formula is C19H24O6. The summed E-state index contributed by atoms with van der Waals surface area (Å²) in [6.45, 7) is 5.57.